The van der Waals surface area contributed by atoms with Crippen LogP contribution in [0, 0.1) is 0 Å². The third kappa shape index (κ3) is 3.02. The molecule has 1 aromatic rings. The Morgan fingerprint density at radius 3 is 2.35 bits per heavy atom. The predicted molar refractivity (Wildman–Crippen MR) is 93.4 cm³/mol. The van der Waals surface area contributed by atoms with Gasteiger partial charge < -0.3 is 14.2 Å². The zero-order chi connectivity index (χ0) is 16.8. The van der Waals surface area contributed by atoms with Crippen LogP contribution in [0.3, 0.4) is 0 Å². The average Bonchev–Trinajstić information content (AvgIpc) is 2.67. The lowest BCUT2D eigenvalue weighted by Crippen LogP contribution is -2.41. The first-order valence-corrected chi connectivity index (χ1v) is 8.54. The number of hydrogen-bond donors (Lipinski definition) is 0. The quantitative estimate of drug-likeness (QED) is 0.779. The van der Waals surface area contributed by atoms with E-state index in [1.54, 1.807) is 0 Å². The highest BCUT2D eigenvalue weighted by molar-refractivity contribution is 6.65. The van der Waals surface area contributed by atoms with E-state index >= 15 is 0 Å². The predicted octanol–water partition coefficient (Wildman–Crippen LogP) is 3.16. The number of rotatable bonds is 2. The number of benzene rings is 1. The molecule has 1 amide bonds. The zero-order valence-corrected chi connectivity index (χ0v) is 14.9. The smallest absolute Gasteiger partial charge is 0.399 e. The van der Waals surface area contributed by atoms with E-state index in [1.807, 2.05) is 50.8 Å². The van der Waals surface area contributed by atoms with Crippen molar-refractivity contribution in [3.05, 3.63) is 23.2 Å². The maximum atomic E-state index is 12.1. The highest BCUT2D eigenvalue weighted by Crippen LogP contribution is 2.37. The number of hydrogen-bond acceptors (Lipinski definition) is 3. The molecule has 0 N–H and O–H groups in total. The van der Waals surface area contributed by atoms with Gasteiger partial charge >= 0.3 is 7.12 Å². The monoisotopic (exact) mass is 335 g/mol. The normalized spacial score (nSPS) is 23.4. The van der Waals surface area contributed by atoms with Crippen LogP contribution in [0.25, 0.3) is 0 Å². The molecule has 2 fully saturated rings. The second-order valence-electron chi connectivity index (χ2n) is 7.30. The van der Waals surface area contributed by atoms with Crippen LogP contribution in [0.2, 0.25) is 5.02 Å². The van der Waals surface area contributed by atoms with E-state index in [4.69, 9.17) is 20.9 Å². The van der Waals surface area contributed by atoms with Crippen LogP contribution in [-0.4, -0.2) is 30.8 Å². The fraction of sp³-hybridized carbons (Fsp3) is 0.588. The van der Waals surface area contributed by atoms with Gasteiger partial charge in [-0.05, 0) is 52.7 Å². The van der Waals surface area contributed by atoms with Crippen LogP contribution < -0.4 is 10.4 Å². The van der Waals surface area contributed by atoms with E-state index in [0.717, 1.165) is 30.5 Å². The van der Waals surface area contributed by atoms with Crippen LogP contribution in [0.15, 0.2) is 18.2 Å². The average molecular weight is 336 g/mol. The summed E-state index contributed by atoms with van der Waals surface area (Å²) >= 11 is 6.46. The molecular formula is C17H23BClNO3. The number of amides is 1. The van der Waals surface area contributed by atoms with Gasteiger partial charge in [0, 0.05) is 29.1 Å². The minimum atomic E-state index is -0.487. The van der Waals surface area contributed by atoms with Crippen molar-refractivity contribution in [2.45, 2.75) is 58.2 Å². The topological polar surface area (TPSA) is 38.8 Å². The zero-order valence-electron chi connectivity index (χ0n) is 14.2. The van der Waals surface area contributed by atoms with Gasteiger partial charge in [-0.25, -0.2) is 0 Å². The Bertz CT molecular complexity index is 616. The van der Waals surface area contributed by atoms with Crippen LogP contribution >= 0.6 is 11.6 Å². The number of piperidine rings is 1. The summed E-state index contributed by atoms with van der Waals surface area (Å²) in [6, 6.07) is 5.67. The van der Waals surface area contributed by atoms with Crippen molar-refractivity contribution in [3.63, 3.8) is 0 Å². The highest BCUT2D eigenvalue weighted by atomic mass is 35.5. The fourth-order valence-electron chi connectivity index (χ4n) is 2.92. The lowest BCUT2D eigenvalue weighted by atomic mass is 9.79. The number of carbonyl (C=O) groups excluding carboxylic acids is 1. The Kier molecular flexibility index (Phi) is 4.24. The summed E-state index contributed by atoms with van der Waals surface area (Å²) in [7, 11) is -0.487. The van der Waals surface area contributed by atoms with Crippen LogP contribution in [0.1, 0.15) is 47.0 Å². The molecule has 3 rings (SSSR count). The summed E-state index contributed by atoms with van der Waals surface area (Å²) in [5.41, 5.74) is 0.851. The molecule has 0 bridgehead atoms. The Morgan fingerprint density at radius 1 is 1.13 bits per heavy atom. The van der Waals surface area contributed by atoms with Crippen molar-refractivity contribution in [3.8, 4) is 0 Å². The van der Waals surface area contributed by atoms with E-state index < -0.39 is 18.3 Å². The van der Waals surface area contributed by atoms with Crippen LogP contribution in [0.5, 0.6) is 0 Å². The standard InChI is InChI=1S/C17H23BClNO3/c1-16(2)17(3,4)23-18(22-16)13-9-8-12(11-14(13)19)20-10-6-5-7-15(20)21/h8-9,11H,5-7,10H2,1-4H3. The number of nitrogens with zero attached hydrogens (tertiary/aromatic N) is 1. The van der Waals surface area contributed by atoms with Gasteiger partial charge in [0.1, 0.15) is 0 Å². The van der Waals surface area contributed by atoms with Crippen molar-refractivity contribution in [1.82, 2.24) is 0 Å². The summed E-state index contributed by atoms with van der Waals surface area (Å²) < 4.78 is 12.1. The van der Waals surface area contributed by atoms with Gasteiger partial charge in [-0.15, -0.1) is 0 Å². The van der Waals surface area contributed by atoms with E-state index in [2.05, 4.69) is 0 Å². The molecule has 0 saturated carbocycles. The summed E-state index contributed by atoms with van der Waals surface area (Å²) in [5.74, 6) is 0.163. The van der Waals surface area contributed by atoms with Crippen LogP contribution in [-0.2, 0) is 14.1 Å². The van der Waals surface area contributed by atoms with E-state index in [0.29, 0.717) is 11.4 Å². The fourth-order valence-corrected chi connectivity index (χ4v) is 3.19. The minimum Gasteiger partial charge on any atom is -0.399 e. The molecule has 0 spiro atoms. The second-order valence-corrected chi connectivity index (χ2v) is 7.70. The molecule has 124 valence electrons. The van der Waals surface area contributed by atoms with Gasteiger partial charge in [-0.2, -0.15) is 0 Å². The summed E-state index contributed by atoms with van der Waals surface area (Å²) in [5, 5.41) is 0.569. The molecule has 0 aliphatic carbocycles. The molecule has 2 aliphatic rings. The number of anilines is 1. The van der Waals surface area contributed by atoms with Gasteiger partial charge in [0.05, 0.1) is 11.2 Å². The molecule has 2 aliphatic heterocycles. The SMILES string of the molecule is CC1(C)OB(c2ccc(N3CCCCC3=O)cc2Cl)OC1(C)C. The molecule has 0 aromatic heterocycles. The maximum absolute atomic E-state index is 12.1. The third-order valence-electron chi connectivity index (χ3n) is 5.13. The molecule has 1 aromatic carbocycles. The lowest BCUT2D eigenvalue weighted by Gasteiger charge is -2.32. The van der Waals surface area contributed by atoms with Crippen LogP contribution in [0.4, 0.5) is 5.69 Å². The molecule has 6 heteroatoms. The molecule has 2 saturated heterocycles. The van der Waals surface area contributed by atoms with Crippen molar-refractivity contribution in [1.29, 1.82) is 0 Å². The number of halogens is 1. The molecule has 0 radical (unpaired) electrons. The Labute approximate surface area is 143 Å². The third-order valence-corrected chi connectivity index (χ3v) is 5.45. The van der Waals surface area contributed by atoms with E-state index in [-0.39, 0.29) is 5.91 Å². The van der Waals surface area contributed by atoms with Crippen molar-refractivity contribution in [2.24, 2.45) is 0 Å². The maximum Gasteiger partial charge on any atom is 0.496 e. The Morgan fingerprint density at radius 2 is 1.78 bits per heavy atom. The van der Waals surface area contributed by atoms with Crippen molar-refractivity contribution in [2.75, 3.05) is 11.4 Å². The molecule has 0 atom stereocenters. The Balaban J connectivity index is 1.85. The van der Waals surface area contributed by atoms with Crippen molar-refractivity contribution < 1.29 is 14.1 Å². The molecule has 4 nitrogen and oxygen atoms in total. The molecular weight excluding hydrogens is 312 g/mol. The van der Waals surface area contributed by atoms with Gasteiger partial charge in [0.2, 0.25) is 5.91 Å². The van der Waals surface area contributed by atoms with E-state index in [1.165, 1.54) is 0 Å². The van der Waals surface area contributed by atoms with E-state index in [9.17, 15) is 4.79 Å². The molecule has 23 heavy (non-hydrogen) atoms. The number of carbonyl (C=O) groups is 1. The van der Waals surface area contributed by atoms with Crippen molar-refractivity contribution >= 4 is 35.8 Å². The summed E-state index contributed by atoms with van der Waals surface area (Å²) in [4.78, 5) is 13.9. The first kappa shape index (κ1) is 16.8. The molecule has 0 unspecified atom stereocenters. The lowest BCUT2D eigenvalue weighted by molar-refractivity contribution is -0.119. The summed E-state index contributed by atoms with van der Waals surface area (Å²) in [6.07, 6.45) is 2.61. The van der Waals surface area contributed by atoms with Gasteiger partial charge in [0.15, 0.2) is 0 Å². The Hall–Kier alpha value is -1.04. The minimum absolute atomic E-state index is 0.163. The van der Waals surface area contributed by atoms with Gasteiger partial charge in [-0.3, -0.25) is 4.79 Å². The van der Waals surface area contributed by atoms with Gasteiger partial charge in [-0.1, -0.05) is 17.7 Å². The highest BCUT2D eigenvalue weighted by Gasteiger charge is 2.52. The first-order valence-electron chi connectivity index (χ1n) is 8.17. The van der Waals surface area contributed by atoms with Gasteiger partial charge in [0.25, 0.3) is 0 Å². The summed E-state index contributed by atoms with van der Waals surface area (Å²) in [6.45, 7) is 8.82. The first-order chi connectivity index (χ1) is 10.7. The molecule has 2 heterocycles. The largest absolute Gasteiger partial charge is 0.496 e. The second kappa shape index (κ2) is 5.80.